The van der Waals surface area contributed by atoms with Crippen LogP contribution in [0, 0.1) is 6.92 Å². The Morgan fingerprint density at radius 2 is 1.04 bits per heavy atom. The summed E-state index contributed by atoms with van der Waals surface area (Å²) < 4.78 is 2.68. The molecule has 1 fully saturated rings. The van der Waals surface area contributed by atoms with Crippen LogP contribution >= 0.6 is 11.3 Å². The predicted octanol–water partition coefficient (Wildman–Crippen LogP) is 14.7. The van der Waals surface area contributed by atoms with Crippen molar-refractivity contribution >= 4 is 85.4 Å². The van der Waals surface area contributed by atoms with Crippen LogP contribution in [0.15, 0.2) is 146 Å². The number of fused-ring (bicyclic) bond motifs is 9. The first-order valence-electron chi connectivity index (χ1n) is 18.0. The molecule has 11 rings (SSSR count). The number of hydrogen-bond acceptors (Lipinski definition) is 1. The Balaban J connectivity index is 1.28. The molecule has 1 aliphatic carbocycles. The topological polar surface area (TPSA) is 0 Å². The Bertz CT molecular complexity index is 2970. The molecular formula is C49H34S. The molecule has 1 heterocycles. The Morgan fingerprint density at radius 1 is 0.440 bits per heavy atom. The van der Waals surface area contributed by atoms with Crippen LogP contribution in [0.4, 0.5) is 0 Å². The van der Waals surface area contributed by atoms with Gasteiger partial charge in [-0.1, -0.05) is 128 Å². The van der Waals surface area contributed by atoms with Crippen molar-refractivity contribution in [2.24, 2.45) is 0 Å². The van der Waals surface area contributed by atoms with E-state index in [1.54, 1.807) is 0 Å². The molecule has 0 aliphatic heterocycles. The van der Waals surface area contributed by atoms with E-state index in [4.69, 9.17) is 0 Å². The molecule has 0 amide bonds. The minimum absolute atomic E-state index is 0.669. The molecular weight excluding hydrogens is 621 g/mol. The Labute approximate surface area is 295 Å². The van der Waals surface area contributed by atoms with E-state index in [-0.39, 0.29) is 0 Å². The maximum absolute atomic E-state index is 2.51. The Kier molecular flexibility index (Phi) is 6.09. The summed E-state index contributed by atoms with van der Waals surface area (Å²) in [5.41, 5.74) is 8.19. The summed E-state index contributed by atoms with van der Waals surface area (Å²) in [7, 11) is 0. The molecule has 1 aliphatic rings. The van der Waals surface area contributed by atoms with Gasteiger partial charge in [0.2, 0.25) is 0 Å². The molecule has 1 aromatic heterocycles. The number of thiophene rings is 1. The molecule has 236 valence electrons. The van der Waals surface area contributed by atoms with Crippen LogP contribution in [0.2, 0.25) is 0 Å². The number of hydrogen-bond donors (Lipinski definition) is 0. The quantitative estimate of drug-likeness (QED) is 0.131. The minimum Gasteiger partial charge on any atom is -0.135 e. The highest BCUT2D eigenvalue weighted by molar-refractivity contribution is 7.26. The summed E-state index contributed by atoms with van der Waals surface area (Å²) in [6.45, 7) is 2.30. The van der Waals surface area contributed by atoms with Crippen LogP contribution in [0.5, 0.6) is 0 Å². The molecule has 0 saturated heterocycles. The van der Waals surface area contributed by atoms with Crippen LogP contribution in [0.3, 0.4) is 0 Å². The zero-order valence-corrected chi connectivity index (χ0v) is 28.8. The molecule has 0 spiro atoms. The molecule has 1 heteroatoms. The number of aryl methyl sites for hydroxylation is 1. The third-order valence-corrected chi connectivity index (χ3v) is 12.7. The highest BCUT2D eigenvalue weighted by atomic mass is 32.1. The molecule has 0 bridgehead atoms. The first-order chi connectivity index (χ1) is 24.7. The lowest BCUT2D eigenvalue weighted by Crippen LogP contribution is -2.09. The lowest BCUT2D eigenvalue weighted by molar-refractivity contribution is 0.422. The lowest BCUT2D eigenvalue weighted by Gasteiger charge is -2.28. The maximum atomic E-state index is 2.51. The molecule has 0 atom stereocenters. The highest BCUT2D eigenvalue weighted by Gasteiger charge is 2.25. The van der Waals surface area contributed by atoms with Crippen LogP contribution < -0.4 is 0 Å². The summed E-state index contributed by atoms with van der Waals surface area (Å²) in [6, 6.07) is 55.2. The SMILES string of the molecule is Cc1cccc2c(-c3c4ccccc4c(-c4cccc5sc6cc7ccccc7cc6c45)c4ccccc34)cc3cccc(C4CCC4)c3c12. The van der Waals surface area contributed by atoms with E-state index in [9.17, 15) is 0 Å². The van der Waals surface area contributed by atoms with Gasteiger partial charge in [0, 0.05) is 20.2 Å². The zero-order valence-electron chi connectivity index (χ0n) is 28.0. The van der Waals surface area contributed by atoms with Gasteiger partial charge in [-0.05, 0) is 137 Å². The molecule has 0 radical (unpaired) electrons. The van der Waals surface area contributed by atoms with Crippen LogP contribution in [-0.4, -0.2) is 0 Å². The van der Waals surface area contributed by atoms with Crippen molar-refractivity contribution in [3.05, 3.63) is 157 Å². The molecule has 50 heavy (non-hydrogen) atoms. The van der Waals surface area contributed by atoms with Crippen molar-refractivity contribution in [1.29, 1.82) is 0 Å². The fourth-order valence-electron chi connectivity index (χ4n) is 9.15. The molecule has 0 nitrogen and oxygen atoms in total. The van der Waals surface area contributed by atoms with Gasteiger partial charge in [-0.2, -0.15) is 0 Å². The van der Waals surface area contributed by atoms with Crippen molar-refractivity contribution in [2.75, 3.05) is 0 Å². The summed E-state index contributed by atoms with van der Waals surface area (Å²) in [5.74, 6) is 0.669. The van der Waals surface area contributed by atoms with Crippen LogP contribution in [0.25, 0.3) is 96.3 Å². The molecule has 0 N–H and O–H groups in total. The van der Waals surface area contributed by atoms with E-state index in [2.05, 4.69) is 153 Å². The second-order valence-corrected chi connectivity index (χ2v) is 15.4. The van der Waals surface area contributed by atoms with E-state index < -0.39 is 0 Å². The highest BCUT2D eigenvalue weighted by Crippen LogP contribution is 2.51. The third kappa shape index (κ3) is 3.99. The van der Waals surface area contributed by atoms with Crippen LogP contribution in [0.1, 0.15) is 36.3 Å². The van der Waals surface area contributed by atoms with E-state index >= 15 is 0 Å². The van der Waals surface area contributed by atoms with E-state index in [0.717, 1.165) is 0 Å². The Hall–Kier alpha value is -5.50. The fourth-order valence-corrected chi connectivity index (χ4v) is 10.3. The normalized spacial score (nSPS) is 13.8. The average molecular weight is 655 g/mol. The van der Waals surface area contributed by atoms with Crippen molar-refractivity contribution in [2.45, 2.75) is 32.1 Å². The summed E-state index contributed by atoms with van der Waals surface area (Å²) in [4.78, 5) is 0. The summed E-state index contributed by atoms with van der Waals surface area (Å²) >= 11 is 1.91. The third-order valence-electron chi connectivity index (χ3n) is 11.6. The van der Waals surface area contributed by atoms with Gasteiger partial charge in [0.1, 0.15) is 0 Å². The second kappa shape index (κ2) is 10.7. The van der Waals surface area contributed by atoms with Gasteiger partial charge in [-0.25, -0.2) is 0 Å². The van der Waals surface area contributed by atoms with Gasteiger partial charge >= 0.3 is 0 Å². The Morgan fingerprint density at radius 3 is 1.74 bits per heavy atom. The lowest BCUT2D eigenvalue weighted by atomic mass is 9.76. The largest absolute Gasteiger partial charge is 0.135 e. The first-order valence-corrected chi connectivity index (χ1v) is 18.8. The second-order valence-electron chi connectivity index (χ2n) is 14.3. The van der Waals surface area contributed by atoms with Gasteiger partial charge in [0.05, 0.1) is 0 Å². The van der Waals surface area contributed by atoms with Crippen molar-refractivity contribution in [3.63, 3.8) is 0 Å². The summed E-state index contributed by atoms with van der Waals surface area (Å²) in [6.07, 6.45) is 3.94. The average Bonchev–Trinajstić information content (AvgIpc) is 3.49. The van der Waals surface area contributed by atoms with Gasteiger partial charge < -0.3 is 0 Å². The van der Waals surface area contributed by atoms with Gasteiger partial charge in [0.25, 0.3) is 0 Å². The standard InChI is InChI=1S/C49H34S/c1-29-12-8-23-39-41(27-33-17-10-22-34(30-15-9-16-30)46(33)45(29)39)48-37-20-6-4-18-35(37)47(36-19-5-7-21-38(36)48)40-24-11-25-43-49(40)42-26-31-13-2-3-14-32(31)28-44(42)50-43/h2-8,10-14,17-28,30H,9,15-16H2,1H3. The molecule has 1 saturated carbocycles. The summed E-state index contributed by atoms with van der Waals surface area (Å²) in [5, 5.41) is 16.1. The van der Waals surface area contributed by atoms with E-state index in [1.165, 1.54) is 127 Å². The van der Waals surface area contributed by atoms with Crippen molar-refractivity contribution in [3.8, 4) is 22.3 Å². The smallest absolute Gasteiger partial charge is 0.0362 e. The van der Waals surface area contributed by atoms with E-state index in [1.807, 2.05) is 11.3 Å². The fraction of sp³-hybridized carbons (Fsp3) is 0.102. The zero-order chi connectivity index (χ0) is 32.9. The van der Waals surface area contributed by atoms with Gasteiger partial charge in [-0.15, -0.1) is 11.3 Å². The predicted molar refractivity (Wildman–Crippen MR) is 219 cm³/mol. The first kappa shape index (κ1) is 28.3. The molecule has 9 aromatic carbocycles. The van der Waals surface area contributed by atoms with Crippen molar-refractivity contribution in [1.82, 2.24) is 0 Å². The van der Waals surface area contributed by atoms with Gasteiger partial charge in [-0.3, -0.25) is 0 Å². The monoisotopic (exact) mass is 654 g/mol. The maximum Gasteiger partial charge on any atom is 0.0362 e. The minimum atomic E-state index is 0.669. The number of benzene rings is 9. The van der Waals surface area contributed by atoms with E-state index in [0.29, 0.717) is 5.92 Å². The van der Waals surface area contributed by atoms with Crippen molar-refractivity contribution < 1.29 is 0 Å². The number of rotatable bonds is 3. The van der Waals surface area contributed by atoms with Gasteiger partial charge in [0.15, 0.2) is 0 Å². The molecule has 10 aromatic rings. The molecule has 0 unspecified atom stereocenters. The van der Waals surface area contributed by atoms with Crippen LogP contribution in [-0.2, 0) is 0 Å².